The van der Waals surface area contributed by atoms with Crippen molar-refractivity contribution < 1.29 is 4.79 Å². The Labute approximate surface area is 122 Å². The van der Waals surface area contributed by atoms with Crippen molar-refractivity contribution in [1.29, 1.82) is 0 Å². The predicted molar refractivity (Wildman–Crippen MR) is 84.5 cm³/mol. The Balaban J connectivity index is 1.97. The molecule has 0 radical (unpaired) electrons. The number of likely N-dealkylation sites (tertiary alicyclic amines) is 1. The topological polar surface area (TPSA) is 23.6 Å². The second kappa shape index (κ2) is 6.40. The van der Waals surface area contributed by atoms with E-state index in [-0.39, 0.29) is 5.78 Å². The van der Waals surface area contributed by atoms with Crippen LogP contribution in [-0.4, -0.2) is 44.4 Å². The van der Waals surface area contributed by atoms with E-state index in [1.54, 1.807) is 0 Å². The Morgan fingerprint density at radius 3 is 2.20 bits per heavy atom. The molecule has 0 spiro atoms. The van der Waals surface area contributed by atoms with Crippen LogP contribution in [0.15, 0.2) is 24.3 Å². The summed E-state index contributed by atoms with van der Waals surface area (Å²) < 4.78 is 0. The van der Waals surface area contributed by atoms with Crippen molar-refractivity contribution in [3.63, 3.8) is 0 Å². The van der Waals surface area contributed by atoms with Crippen LogP contribution >= 0.6 is 0 Å². The van der Waals surface area contributed by atoms with Crippen LogP contribution in [0.1, 0.15) is 30.6 Å². The second-order valence-electron chi connectivity index (χ2n) is 6.50. The van der Waals surface area contributed by atoms with Gasteiger partial charge < -0.3 is 4.90 Å². The van der Waals surface area contributed by atoms with Gasteiger partial charge in [0.1, 0.15) is 0 Å². The standard InChI is InChI=1S/C17H26N2O/c1-13-9-14(2)11-19(10-13)12-17(20)15-5-7-16(8-6-15)18(3)4/h5-8,13-14H,9-12H2,1-4H3. The van der Waals surface area contributed by atoms with Gasteiger partial charge in [0.15, 0.2) is 5.78 Å². The van der Waals surface area contributed by atoms with Gasteiger partial charge in [-0.3, -0.25) is 9.69 Å². The molecule has 0 aliphatic carbocycles. The molecule has 110 valence electrons. The highest BCUT2D eigenvalue weighted by Crippen LogP contribution is 2.21. The molecule has 2 atom stereocenters. The molecule has 1 aromatic rings. The fraction of sp³-hybridized carbons (Fsp3) is 0.588. The Hall–Kier alpha value is -1.35. The number of carbonyl (C=O) groups excluding carboxylic acids is 1. The molecule has 1 aromatic carbocycles. The number of Topliss-reactive ketones (excluding diaryl/α,β-unsaturated/α-hetero) is 1. The summed E-state index contributed by atoms with van der Waals surface area (Å²) in [5.41, 5.74) is 1.95. The monoisotopic (exact) mass is 274 g/mol. The van der Waals surface area contributed by atoms with Gasteiger partial charge in [0, 0.05) is 38.4 Å². The van der Waals surface area contributed by atoms with Crippen LogP contribution < -0.4 is 4.90 Å². The molecule has 3 heteroatoms. The molecule has 1 aliphatic heterocycles. The molecule has 2 unspecified atom stereocenters. The zero-order valence-electron chi connectivity index (χ0n) is 13.1. The van der Waals surface area contributed by atoms with E-state index < -0.39 is 0 Å². The molecular weight excluding hydrogens is 248 g/mol. The van der Waals surface area contributed by atoms with Crippen molar-refractivity contribution >= 4 is 11.5 Å². The van der Waals surface area contributed by atoms with Crippen LogP contribution in [0.2, 0.25) is 0 Å². The van der Waals surface area contributed by atoms with E-state index in [2.05, 4.69) is 18.7 Å². The van der Waals surface area contributed by atoms with E-state index in [4.69, 9.17) is 0 Å². The van der Waals surface area contributed by atoms with Gasteiger partial charge in [-0.15, -0.1) is 0 Å². The van der Waals surface area contributed by atoms with Crippen molar-refractivity contribution in [3.8, 4) is 0 Å². The highest BCUT2D eigenvalue weighted by atomic mass is 16.1. The third-order valence-corrected chi connectivity index (χ3v) is 4.02. The average molecular weight is 274 g/mol. The molecule has 0 aromatic heterocycles. The molecule has 3 nitrogen and oxygen atoms in total. The summed E-state index contributed by atoms with van der Waals surface area (Å²) in [5.74, 6) is 1.63. The van der Waals surface area contributed by atoms with E-state index >= 15 is 0 Å². The van der Waals surface area contributed by atoms with E-state index in [1.165, 1.54) is 6.42 Å². The summed E-state index contributed by atoms with van der Waals surface area (Å²) in [6.45, 7) is 7.20. The lowest BCUT2D eigenvalue weighted by Crippen LogP contribution is -2.41. The summed E-state index contributed by atoms with van der Waals surface area (Å²) in [6, 6.07) is 7.90. The maximum Gasteiger partial charge on any atom is 0.176 e. The van der Waals surface area contributed by atoms with E-state index in [0.717, 1.165) is 24.3 Å². The Morgan fingerprint density at radius 1 is 1.15 bits per heavy atom. The molecular formula is C17H26N2O. The quantitative estimate of drug-likeness (QED) is 0.789. The van der Waals surface area contributed by atoms with E-state index in [9.17, 15) is 4.79 Å². The van der Waals surface area contributed by atoms with Crippen LogP contribution in [0, 0.1) is 11.8 Å². The zero-order valence-corrected chi connectivity index (χ0v) is 13.1. The maximum absolute atomic E-state index is 12.4. The number of hydrogen-bond acceptors (Lipinski definition) is 3. The number of hydrogen-bond donors (Lipinski definition) is 0. The largest absolute Gasteiger partial charge is 0.378 e. The number of anilines is 1. The van der Waals surface area contributed by atoms with Crippen molar-refractivity contribution in [2.75, 3.05) is 38.6 Å². The first-order valence-electron chi connectivity index (χ1n) is 7.48. The normalized spacial score (nSPS) is 23.6. The minimum absolute atomic E-state index is 0.233. The minimum Gasteiger partial charge on any atom is -0.378 e. The number of carbonyl (C=O) groups is 1. The number of rotatable bonds is 4. The number of piperidine rings is 1. The van der Waals surface area contributed by atoms with E-state index in [1.807, 2.05) is 43.3 Å². The Morgan fingerprint density at radius 2 is 1.70 bits per heavy atom. The molecule has 20 heavy (non-hydrogen) atoms. The lowest BCUT2D eigenvalue weighted by molar-refractivity contribution is 0.0849. The maximum atomic E-state index is 12.4. The third kappa shape index (κ3) is 3.83. The lowest BCUT2D eigenvalue weighted by Gasteiger charge is -2.34. The van der Waals surface area contributed by atoms with Crippen LogP contribution in [0.4, 0.5) is 5.69 Å². The molecule has 2 rings (SSSR count). The van der Waals surface area contributed by atoms with Gasteiger partial charge in [-0.05, 0) is 42.5 Å². The molecule has 0 bridgehead atoms. The predicted octanol–water partition coefficient (Wildman–Crippen LogP) is 2.91. The highest BCUT2D eigenvalue weighted by Gasteiger charge is 2.23. The average Bonchev–Trinajstić information content (AvgIpc) is 2.37. The summed E-state index contributed by atoms with van der Waals surface area (Å²) in [7, 11) is 4.01. The van der Waals surface area contributed by atoms with Gasteiger partial charge in [-0.1, -0.05) is 13.8 Å². The van der Waals surface area contributed by atoms with Crippen molar-refractivity contribution in [2.45, 2.75) is 20.3 Å². The first kappa shape index (κ1) is 15.0. The second-order valence-corrected chi connectivity index (χ2v) is 6.50. The molecule has 1 fully saturated rings. The SMILES string of the molecule is CC1CC(C)CN(CC(=O)c2ccc(N(C)C)cc2)C1. The van der Waals surface area contributed by atoms with Gasteiger partial charge in [0.25, 0.3) is 0 Å². The van der Waals surface area contributed by atoms with Gasteiger partial charge in [-0.25, -0.2) is 0 Å². The number of benzene rings is 1. The summed E-state index contributed by atoms with van der Waals surface area (Å²) in [4.78, 5) is 16.7. The van der Waals surface area contributed by atoms with Gasteiger partial charge >= 0.3 is 0 Å². The van der Waals surface area contributed by atoms with Crippen molar-refractivity contribution in [2.24, 2.45) is 11.8 Å². The number of ketones is 1. The van der Waals surface area contributed by atoms with Gasteiger partial charge in [0.05, 0.1) is 6.54 Å². The Kier molecular flexibility index (Phi) is 4.81. The zero-order chi connectivity index (χ0) is 14.7. The van der Waals surface area contributed by atoms with Crippen LogP contribution in [-0.2, 0) is 0 Å². The molecule has 0 saturated carbocycles. The molecule has 1 saturated heterocycles. The van der Waals surface area contributed by atoms with Gasteiger partial charge in [0.2, 0.25) is 0 Å². The number of nitrogens with zero attached hydrogens (tertiary/aromatic N) is 2. The van der Waals surface area contributed by atoms with Gasteiger partial charge in [-0.2, -0.15) is 0 Å². The molecule has 1 heterocycles. The third-order valence-electron chi connectivity index (χ3n) is 4.02. The first-order valence-corrected chi connectivity index (χ1v) is 7.48. The smallest absolute Gasteiger partial charge is 0.176 e. The first-order chi connectivity index (χ1) is 9.45. The van der Waals surface area contributed by atoms with E-state index in [0.29, 0.717) is 18.4 Å². The van der Waals surface area contributed by atoms with Crippen LogP contribution in [0.3, 0.4) is 0 Å². The lowest BCUT2D eigenvalue weighted by atomic mass is 9.91. The minimum atomic E-state index is 0.233. The molecule has 0 amide bonds. The fourth-order valence-electron chi connectivity index (χ4n) is 3.16. The fourth-order valence-corrected chi connectivity index (χ4v) is 3.16. The summed E-state index contributed by atoms with van der Waals surface area (Å²) >= 11 is 0. The van der Waals surface area contributed by atoms with Crippen molar-refractivity contribution in [1.82, 2.24) is 4.90 Å². The Bertz CT molecular complexity index is 443. The summed E-state index contributed by atoms with van der Waals surface area (Å²) in [6.07, 6.45) is 1.28. The highest BCUT2D eigenvalue weighted by molar-refractivity contribution is 5.97. The van der Waals surface area contributed by atoms with Crippen molar-refractivity contribution in [3.05, 3.63) is 29.8 Å². The van der Waals surface area contributed by atoms with Crippen LogP contribution in [0.5, 0.6) is 0 Å². The van der Waals surface area contributed by atoms with Crippen LogP contribution in [0.25, 0.3) is 0 Å². The molecule has 1 aliphatic rings. The molecule has 0 N–H and O–H groups in total. The summed E-state index contributed by atoms with van der Waals surface area (Å²) in [5, 5.41) is 0.